The second kappa shape index (κ2) is 7.24. The standard InChI is InChI=1S/C19H20ClNO3/c1-3-21(4-2)9-10-23-14-6-7-15-18(12-14)24-17-8-5-13(20)11-16(17)19(15)22/h5-8,11-12H,3-4,9-10H2,1-2H3. The first kappa shape index (κ1) is 16.8. The van der Waals surface area contributed by atoms with Gasteiger partial charge in [0.05, 0.1) is 10.8 Å². The van der Waals surface area contributed by atoms with Crippen LogP contribution >= 0.6 is 11.6 Å². The molecule has 0 atom stereocenters. The summed E-state index contributed by atoms with van der Waals surface area (Å²) >= 11 is 5.97. The third kappa shape index (κ3) is 3.40. The molecular formula is C19H20ClNO3. The van der Waals surface area contributed by atoms with Gasteiger partial charge in [-0.25, -0.2) is 0 Å². The molecule has 0 amide bonds. The zero-order valence-corrected chi connectivity index (χ0v) is 14.6. The van der Waals surface area contributed by atoms with E-state index in [1.807, 2.05) is 0 Å². The van der Waals surface area contributed by atoms with Gasteiger partial charge in [-0.2, -0.15) is 0 Å². The number of rotatable bonds is 6. The second-order valence-corrected chi connectivity index (χ2v) is 6.04. The van der Waals surface area contributed by atoms with Crippen molar-refractivity contribution in [3.05, 3.63) is 51.6 Å². The highest BCUT2D eigenvalue weighted by atomic mass is 35.5. The molecule has 3 aromatic rings. The lowest BCUT2D eigenvalue weighted by Gasteiger charge is -2.18. The summed E-state index contributed by atoms with van der Waals surface area (Å²) in [7, 11) is 0. The number of ether oxygens (including phenoxy) is 1. The zero-order valence-electron chi connectivity index (χ0n) is 13.8. The summed E-state index contributed by atoms with van der Waals surface area (Å²) in [6.45, 7) is 7.73. The van der Waals surface area contributed by atoms with Crippen molar-refractivity contribution in [2.45, 2.75) is 13.8 Å². The summed E-state index contributed by atoms with van der Waals surface area (Å²) in [6, 6.07) is 10.4. The van der Waals surface area contributed by atoms with Crippen LogP contribution in [0.2, 0.25) is 5.02 Å². The maximum absolute atomic E-state index is 12.6. The van der Waals surface area contributed by atoms with Gasteiger partial charge in [0.1, 0.15) is 23.5 Å². The largest absolute Gasteiger partial charge is 0.492 e. The van der Waals surface area contributed by atoms with Crippen LogP contribution < -0.4 is 10.2 Å². The van der Waals surface area contributed by atoms with E-state index in [0.29, 0.717) is 39.3 Å². The molecule has 0 saturated heterocycles. The molecule has 0 N–H and O–H groups in total. The first-order valence-electron chi connectivity index (χ1n) is 8.13. The summed E-state index contributed by atoms with van der Waals surface area (Å²) in [4.78, 5) is 14.9. The van der Waals surface area contributed by atoms with Crippen molar-refractivity contribution in [3.63, 3.8) is 0 Å². The molecule has 5 heteroatoms. The minimum Gasteiger partial charge on any atom is -0.492 e. The molecule has 4 nitrogen and oxygen atoms in total. The highest BCUT2D eigenvalue weighted by Crippen LogP contribution is 2.24. The van der Waals surface area contributed by atoms with Crippen LogP contribution in [0.5, 0.6) is 5.75 Å². The van der Waals surface area contributed by atoms with Crippen molar-refractivity contribution in [3.8, 4) is 5.75 Å². The molecule has 0 bridgehead atoms. The average Bonchev–Trinajstić information content (AvgIpc) is 2.59. The van der Waals surface area contributed by atoms with Crippen molar-refractivity contribution in [2.75, 3.05) is 26.2 Å². The maximum Gasteiger partial charge on any atom is 0.200 e. The fourth-order valence-electron chi connectivity index (χ4n) is 2.73. The van der Waals surface area contributed by atoms with Gasteiger partial charge in [0.25, 0.3) is 0 Å². The van der Waals surface area contributed by atoms with E-state index in [0.717, 1.165) is 19.6 Å². The van der Waals surface area contributed by atoms with Crippen molar-refractivity contribution in [1.29, 1.82) is 0 Å². The van der Waals surface area contributed by atoms with Crippen molar-refractivity contribution >= 4 is 33.5 Å². The Balaban J connectivity index is 1.89. The van der Waals surface area contributed by atoms with Crippen LogP contribution in [-0.4, -0.2) is 31.1 Å². The lowest BCUT2D eigenvalue weighted by atomic mass is 10.1. The lowest BCUT2D eigenvalue weighted by molar-refractivity contribution is 0.223. The van der Waals surface area contributed by atoms with Crippen LogP contribution in [0.3, 0.4) is 0 Å². The summed E-state index contributed by atoms with van der Waals surface area (Å²) in [5.41, 5.74) is 0.968. The van der Waals surface area contributed by atoms with Gasteiger partial charge in [-0.15, -0.1) is 0 Å². The van der Waals surface area contributed by atoms with Gasteiger partial charge in [0, 0.05) is 17.6 Å². The third-order valence-corrected chi connectivity index (χ3v) is 4.41. The SMILES string of the molecule is CCN(CC)CCOc1ccc2c(=O)c3cc(Cl)ccc3oc2c1. The molecular weight excluding hydrogens is 326 g/mol. The minimum absolute atomic E-state index is 0.0801. The highest BCUT2D eigenvalue weighted by molar-refractivity contribution is 6.31. The Hall–Kier alpha value is -2.04. The maximum atomic E-state index is 12.6. The fraction of sp³-hybridized carbons (Fsp3) is 0.316. The van der Waals surface area contributed by atoms with E-state index in [9.17, 15) is 4.79 Å². The quantitative estimate of drug-likeness (QED) is 0.624. The number of halogens is 1. The van der Waals surface area contributed by atoms with Gasteiger partial charge < -0.3 is 14.1 Å². The van der Waals surface area contributed by atoms with Gasteiger partial charge in [0.15, 0.2) is 0 Å². The van der Waals surface area contributed by atoms with Crippen LogP contribution in [0.1, 0.15) is 13.8 Å². The smallest absolute Gasteiger partial charge is 0.200 e. The average molecular weight is 346 g/mol. The minimum atomic E-state index is -0.0801. The summed E-state index contributed by atoms with van der Waals surface area (Å²) in [5, 5.41) is 1.54. The Kier molecular flexibility index (Phi) is 5.07. The van der Waals surface area contributed by atoms with Gasteiger partial charge >= 0.3 is 0 Å². The van der Waals surface area contributed by atoms with Gasteiger partial charge in [-0.3, -0.25) is 4.79 Å². The van der Waals surface area contributed by atoms with Crippen molar-refractivity contribution < 1.29 is 9.15 Å². The number of likely N-dealkylation sites (N-methyl/N-ethyl adjacent to an activating group) is 1. The Morgan fingerprint density at radius 2 is 1.83 bits per heavy atom. The predicted molar refractivity (Wildman–Crippen MR) is 98.3 cm³/mol. The van der Waals surface area contributed by atoms with E-state index in [2.05, 4.69) is 18.7 Å². The molecule has 0 aliphatic heterocycles. The van der Waals surface area contributed by atoms with E-state index in [-0.39, 0.29) is 5.43 Å². The number of fused-ring (bicyclic) bond motifs is 2. The third-order valence-electron chi connectivity index (χ3n) is 4.17. The number of nitrogens with zero attached hydrogens (tertiary/aromatic N) is 1. The van der Waals surface area contributed by atoms with E-state index >= 15 is 0 Å². The number of benzene rings is 2. The number of hydrogen-bond acceptors (Lipinski definition) is 4. The van der Waals surface area contributed by atoms with Crippen LogP contribution in [0.25, 0.3) is 21.9 Å². The molecule has 0 radical (unpaired) electrons. The summed E-state index contributed by atoms with van der Waals surface area (Å²) < 4.78 is 11.6. The van der Waals surface area contributed by atoms with Crippen molar-refractivity contribution in [2.24, 2.45) is 0 Å². The molecule has 0 saturated carbocycles. The Labute approximate surface area is 145 Å². The highest BCUT2D eigenvalue weighted by Gasteiger charge is 2.09. The summed E-state index contributed by atoms with van der Waals surface area (Å²) in [6.07, 6.45) is 0. The van der Waals surface area contributed by atoms with Crippen LogP contribution in [0.15, 0.2) is 45.6 Å². The molecule has 0 spiro atoms. The monoisotopic (exact) mass is 345 g/mol. The van der Waals surface area contributed by atoms with Crippen LogP contribution in [0, 0.1) is 0 Å². The Bertz CT molecular complexity index is 916. The Morgan fingerprint density at radius 3 is 2.58 bits per heavy atom. The normalized spacial score (nSPS) is 11.5. The molecule has 2 aromatic carbocycles. The molecule has 3 rings (SSSR count). The van der Waals surface area contributed by atoms with Crippen LogP contribution in [-0.2, 0) is 0 Å². The molecule has 0 aliphatic rings. The van der Waals surface area contributed by atoms with E-state index < -0.39 is 0 Å². The molecule has 1 heterocycles. The molecule has 0 unspecified atom stereocenters. The van der Waals surface area contributed by atoms with Crippen molar-refractivity contribution in [1.82, 2.24) is 4.90 Å². The van der Waals surface area contributed by atoms with E-state index in [1.165, 1.54) is 0 Å². The van der Waals surface area contributed by atoms with E-state index in [1.54, 1.807) is 36.4 Å². The first-order valence-corrected chi connectivity index (χ1v) is 8.51. The predicted octanol–water partition coefficient (Wildman–Crippen LogP) is 4.32. The van der Waals surface area contributed by atoms with E-state index in [4.69, 9.17) is 20.8 Å². The van der Waals surface area contributed by atoms with Crippen LogP contribution in [0.4, 0.5) is 0 Å². The molecule has 1 aromatic heterocycles. The van der Waals surface area contributed by atoms with Gasteiger partial charge in [-0.05, 0) is 43.4 Å². The summed E-state index contributed by atoms with van der Waals surface area (Å²) in [5.74, 6) is 0.700. The lowest BCUT2D eigenvalue weighted by Crippen LogP contribution is -2.27. The molecule has 0 fully saturated rings. The van der Waals surface area contributed by atoms with Gasteiger partial charge in [0.2, 0.25) is 5.43 Å². The zero-order chi connectivity index (χ0) is 17.1. The first-order chi connectivity index (χ1) is 11.6. The molecule has 24 heavy (non-hydrogen) atoms. The fourth-order valence-corrected chi connectivity index (χ4v) is 2.90. The number of hydrogen-bond donors (Lipinski definition) is 0. The topological polar surface area (TPSA) is 42.7 Å². The Morgan fingerprint density at radius 1 is 1.04 bits per heavy atom. The molecule has 0 aliphatic carbocycles. The molecule has 126 valence electrons. The second-order valence-electron chi connectivity index (χ2n) is 5.60. The van der Waals surface area contributed by atoms with Gasteiger partial charge in [-0.1, -0.05) is 25.4 Å².